The number of esters is 1. The Morgan fingerprint density at radius 2 is 1.55 bits per heavy atom. The summed E-state index contributed by atoms with van der Waals surface area (Å²) in [5.74, 6) is -4.14. The van der Waals surface area contributed by atoms with Crippen LogP contribution in [0.4, 0.5) is 0 Å². The normalized spacial score (nSPS) is 45.8. The van der Waals surface area contributed by atoms with Gasteiger partial charge in [-0.3, -0.25) is 4.79 Å². The molecule has 0 spiro atoms. The maximum absolute atomic E-state index is 14.3. The summed E-state index contributed by atoms with van der Waals surface area (Å²) >= 11 is 0. The number of rotatable bonds is 13. The van der Waals surface area contributed by atoms with Crippen molar-refractivity contribution in [2.45, 2.75) is 179 Å². The predicted octanol–water partition coefficient (Wildman–Crippen LogP) is 2.21. The van der Waals surface area contributed by atoms with Gasteiger partial charge in [-0.05, 0) is 74.9 Å². The maximum Gasteiger partial charge on any atom is 0.311 e. The van der Waals surface area contributed by atoms with Crippen LogP contribution in [0.15, 0.2) is 5.16 Å². The summed E-state index contributed by atoms with van der Waals surface area (Å²) in [5, 5.41) is 63.6. The molecule has 340 valence electrons. The number of aliphatic hydroxyl groups excluding tert-OH is 3. The third kappa shape index (κ3) is 12.1. The first-order valence-electron chi connectivity index (χ1n) is 20.8. The van der Waals surface area contributed by atoms with Gasteiger partial charge in [0.15, 0.2) is 12.6 Å². The Morgan fingerprint density at radius 3 is 2.14 bits per heavy atom. The number of carbonyl (C=O) groups excluding carboxylic acids is 1. The van der Waals surface area contributed by atoms with Gasteiger partial charge in [0.1, 0.15) is 23.9 Å². The Labute approximate surface area is 345 Å². The molecule has 3 heterocycles. The highest BCUT2D eigenvalue weighted by Crippen LogP contribution is 2.41. The van der Waals surface area contributed by atoms with E-state index in [1.807, 2.05) is 32.8 Å². The summed E-state index contributed by atoms with van der Waals surface area (Å²) in [6.07, 6.45) is -9.49. The zero-order valence-corrected chi connectivity index (χ0v) is 37.3. The van der Waals surface area contributed by atoms with Crippen LogP contribution in [0.25, 0.3) is 0 Å². The fraction of sp³-hybridized carbons (Fsp3) is 0.951. The number of hydrogen-bond acceptors (Lipinski definition) is 17. The molecule has 0 aromatic carbocycles. The van der Waals surface area contributed by atoms with Crippen molar-refractivity contribution in [2.75, 3.05) is 48.3 Å². The van der Waals surface area contributed by atoms with Gasteiger partial charge in [0.05, 0.1) is 66.6 Å². The molecule has 0 bridgehead atoms. The molecule has 58 heavy (non-hydrogen) atoms. The molecular formula is C41H76N2O15. The van der Waals surface area contributed by atoms with Gasteiger partial charge in [-0.25, -0.2) is 0 Å². The predicted molar refractivity (Wildman–Crippen MR) is 212 cm³/mol. The van der Waals surface area contributed by atoms with Crippen molar-refractivity contribution in [1.29, 1.82) is 0 Å². The number of ether oxygens (including phenoxy) is 8. The van der Waals surface area contributed by atoms with Crippen LogP contribution in [0.3, 0.4) is 0 Å². The van der Waals surface area contributed by atoms with Crippen LogP contribution in [0.2, 0.25) is 0 Å². The molecule has 0 aromatic heterocycles. The van der Waals surface area contributed by atoms with Crippen LogP contribution in [0, 0.1) is 23.7 Å². The Balaban J connectivity index is 2.22. The molecule has 0 aromatic rings. The lowest BCUT2D eigenvalue weighted by Gasteiger charge is -2.49. The van der Waals surface area contributed by atoms with E-state index in [0.29, 0.717) is 18.7 Å². The van der Waals surface area contributed by atoms with Gasteiger partial charge in [-0.2, -0.15) is 0 Å². The lowest BCUT2D eigenvalue weighted by atomic mass is 9.73. The first-order chi connectivity index (χ1) is 27.0. The summed E-state index contributed by atoms with van der Waals surface area (Å²) in [6, 6.07) is -0.328. The van der Waals surface area contributed by atoms with Crippen molar-refractivity contribution in [1.82, 2.24) is 4.90 Å². The second-order valence-electron chi connectivity index (χ2n) is 17.7. The minimum absolute atomic E-state index is 0.0307. The Bertz CT molecular complexity index is 1300. The SMILES string of the molecule is CC[C@H]1OC(=O)[C@H](C)[C@@H](OC2CC(C)(OC)C(O)C(C)O2)[C@H](C)[C@@H](OC2OC(C)CC(N(C)C)C2O)C(C)(O)C[C@@H](C)/C(=N\OCOCCOC)[C@H](C)[C@@H](O)[C@]1(C)O. The molecule has 17 nitrogen and oxygen atoms in total. The van der Waals surface area contributed by atoms with Crippen LogP contribution in [0.5, 0.6) is 0 Å². The van der Waals surface area contributed by atoms with Crippen LogP contribution in [-0.2, 0) is 47.5 Å². The van der Waals surface area contributed by atoms with Gasteiger partial charge in [0.2, 0.25) is 6.79 Å². The summed E-state index contributed by atoms with van der Waals surface area (Å²) in [6.45, 7) is 17.3. The Kier molecular flexibility index (Phi) is 18.8. The van der Waals surface area contributed by atoms with Crippen LogP contribution >= 0.6 is 0 Å². The van der Waals surface area contributed by atoms with E-state index < -0.39 is 102 Å². The first-order valence-corrected chi connectivity index (χ1v) is 20.8. The van der Waals surface area contributed by atoms with E-state index in [4.69, 9.17) is 42.7 Å². The van der Waals surface area contributed by atoms with E-state index in [-0.39, 0.29) is 44.8 Å². The topological polar surface area (TPSA) is 217 Å². The number of carbonyl (C=O) groups is 1. The van der Waals surface area contributed by atoms with E-state index in [2.05, 4.69) is 5.16 Å². The van der Waals surface area contributed by atoms with E-state index in [0.717, 1.165) is 0 Å². The summed E-state index contributed by atoms with van der Waals surface area (Å²) in [4.78, 5) is 21.8. The highest BCUT2D eigenvalue weighted by molar-refractivity contribution is 5.88. The van der Waals surface area contributed by atoms with E-state index in [1.165, 1.54) is 14.0 Å². The van der Waals surface area contributed by atoms with Gasteiger partial charge in [0.25, 0.3) is 0 Å². The minimum Gasteiger partial charge on any atom is -0.459 e. The first kappa shape index (κ1) is 50.8. The summed E-state index contributed by atoms with van der Waals surface area (Å²) < 4.78 is 48.1. The Hall–Kier alpha value is -1.58. The van der Waals surface area contributed by atoms with Gasteiger partial charge in [0, 0.05) is 44.4 Å². The van der Waals surface area contributed by atoms with Crippen molar-refractivity contribution < 1.29 is 73.1 Å². The number of nitrogens with zero attached hydrogens (tertiary/aromatic N) is 2. The molecule has 0 saturated carbocycles. The van der Waals surface area contributed by atoms with Crippen molar-refractivity contribution >= 4 is 11.7 Å². The van der Waals surface area contributed by atoms with Crippen LogP contribution in [0.1, 0.15) is 94.9 Å². The number of hydrogen-bond donors (Lipinski definition) is 5. The molecule has 3 aliphatic heterocycles. The van der Waals surface area contributed by atoms with Crippen LogP contribution in [-0.4, -0.2) is 175 Å². The average molecular weight is 837 g/mol. The van der Waals surface area contributed by atoms with Gasteiger partial charge in [-0.15, -0.1) is 0 Å². The number of oxime groups is 1. The molecular weight excluding hydrogens is 760 g/mol. The molecule has 0 aliphatic carbocycles. The third-order valence-electron chi connectivity index (χ3n) is 12.6. The van der Waals surface area contributed by atoms with E-state index >= 15 is 0 Å². The zero-order chi connectivity index (χ0) is 43.9. The number of methoxy groups -OCH3 is 2. The summed E-state index contributed by atoms with van der Waals surface area (Å²) in [5.41, 5.74) is -4.49. The molecule has 3 rings (SSSR count). The third-order valence-corrected chi connectivity index (χ3v) is 12.6. The van der Waals surface area contributed by atoms with Crippen LogP contribution < -0.4 is 0 Å². The average Bonchev–Trinajstić information content (AvgIpc) is 3.15. The largest absolute Gasteiger partial charge is 0.459 e. The maximum atomic E-state index is 14.3. The molecule has 0 amide bonds. The minimum atomic E-state index is -1.97. The van der Waals surface area contributed by atoms with Crippen molar-refractivity contribution in [3.63, 3.8) is 0 Å². The highest BCUT2D eigenvalue weighted by Gasteiger charge is 2.53. The van der Waals surface area contributed by atoms with E-state index in [1.54, 1.807) is 55.6 Å². The fourth-order valence-electron chi connectivity index (χ4n) is 8.93. The van der Waals surface area contributed by atoms with Gasteiger partial charge in [-0.1, -0.05) is 32.9 Å². The smallest absolute Gasteiger partial charge is 0.311 e. The Morgan fingerprint density at radius 1 is 0.897 bits per heavy atom. The number of cyclic esters (lactones) is 1. The van der Waals surface area contributed by atoms with Gasteiger partial charge >= 0.3 is 5.97 Å². The second-order valence-corrected chi connectivity index (χ2v) is 17.7. The van der Waals surface area contributed by atoms with Crippen molar-refractivity contribution in [3.8, 4) is 0 Å². The van der Waals surface area contributed by atoms with Crippen molar-refractivity contribution in [3.05, 3.63) is 0 Å². The molecule has 18 atom stereocenters. The molecule has 3 saturated heterocycles. The summed E-state index contributed by atoms with van der Waals surface area (Å²) in [7, 11) is 6.76. The highest BCUT2D eigenvalue weighted by atomic mass is 16.7. The van der Waals surface area contributed by atoms with E-state index in [9.17, 15) is 30.3 Å². The molecule has 3 fully saturated rings. The molecule has 9 unspecified atom stereocenters. The second kappa shape index (κ2) is 21.5. The molecule has 3 aliphatic rings. The molecule has 17 heteroatoms. The monoisotopic (exact) mass is 837 g/mol. The zero-order valence-electron chi connectivity index (χ0n) is 37.3. The molecule has 0 radical (unpaired) electrons. The lowest BCUT2D eigenvalue weighted by Crippen LogP contribution is -2.61. The lowest BCUT2D eigenvalue weighted by molar-refractivity contribution is -0.317. The quantitative estimate of drug-likeness (QED) is 0.0778. The number of aliphatic hydroxyl groups is 5. The fourth-order valence-corrected chi connectivity index (χ4v) is 8.93. The van der Waals surface area contributed by atoms with Gasteiger partial charge < -0.3 is 73.2 Å². The standard InChI is InChI=1S/C41H76N2O15/c1-15-29-41(10,49)34(45)24(4)31(42-53-21-52-17-16-50-13)22(2)19-39(8,48)36(58-38-32(44)28(43(11)12)18-23(3)54-38)25(5)33(26(6)37(47)56-29)57-30-20-40(9,51-14)35(46)27(7)55-30/h22-30,32-36,38,44-46,48-49H,15-21H2,1-14H3/b42-31+/t22-,23?,24+,25+,26-,27?,28?,29-,30?,32?,33+,34-,35?,36-,38?,39?,40?,41-/m1/s1. The number of likely N-dealkylation sites (N-methyl/N-ethyl adjacent to an activating group) is 1. The van der Waals surface area contributed by atoms with Crippen molar-refractivity contribution in [2.24, 2.45) is 28.8 Å². The molecule has 5 N–H and O–H groups in total.